The van der Waals surface area contributed by atoms with Crippen molar-refractivity contribution < 1.29 is 13.2 Å². The Morgan fingerprint density at radius 1 is 1.11 bits per heavy atom. The van der Waals surface area contributed by atoms with Crippen LogP contribution in [0, 0.1) is 6.92 Å². The minimum Gasteiger partial charge on any atom is -0.348 e. The fraction of sp³-hybridized carbons (Fsp3) is 0.300. The molecule has 0 unspecified atom stereocenters. The summed E-state index contributed by atoms with van der Waals surface area (Å²) in [5.74, 6) is 0.128. The number of nitrogens with zero attached hydrogens (tertiary/aromatic N) is 2. The van der Waals surface area contributed by atoms with Gasteiger partial charge in [0, 0.05) is 18.7 Å². The lowest BCUT2D eigenvalue weighted by atomic mass is 10.1. The number of nitrogens with one attached hydrogen (secondary N) is 1. The molecule has 1 N–H and O–H groups in total. The van der Waals surface area contributed by atoms with E-state index in [1.54, 1.807) is 19.1 Å². The van der Waals surface area contributed by atoms with E-state index in [-0.39, 0.29) is 10.8 Å². The highest BCUT2D eigenvalue weighted by molar-refractivity contribution is 7.90. The standard InChI is InChI=1S/C20H23N3O3S/c1-4-11-23-15(3)22-27(25,26)19-12-17(9-10-18(19)23)20(24)21-13-16-7-5-14(2)6-8-16/h5-10,12H,4,11,13H2,1-3H3,(H,21,24). The maximum Gasteiger partial charge on any atom is 0.286 e. The SMILES string of the molecule is CCCN1C(C)=NS(=O)(=O)c2cc(C(=O)NCc3ccc(C)cc3)ccc21. The zero-order valence-electron chi connectivity index (χ0n) is 15.7. The number of fused-ring (bicyclic) bond motifs is 1. The van der Waals surface area contributed by atoms with Crippen LogP contribution in [0.4, 0.5) is 5.69 Å². The minimum atomic E-state index is -3.80. The third-order valence-electron chi connectivity index (χ3n) is 4.45. The Labute approximate surface area is 160 Å². The molecular weight excluding hydrogens is 362 g/mol. The number of benzene rings is 2. The number of rotatable bonds is 5. The summed E-state index contributed by atoms with van der Waals surface area (Å²) in [4.78, 5) is 14.4. The molecule has 27 heavy (non-hydrogen) atoms. The van der Waals surface area contributed by atoms with E-state index in [4.69, 9.17) is 0 Å². The molecule has 142 valence electrons. The van der Waals surface area contributed by atoms with Gasteiger partial charge in [-0.2, -0.15) is 8.42 Å². The summed E-state index contributed by atoms with van der Waals surface area (Å²) >= 11 is 0. The van der Waals surface area contributed by atoms with E-state index in [0.29, 0.717) is 30.2 Å². The molecule has 0 saturated heterocycles. The monoisotopic (exact) mass is 385 g/mol. The summed E-state index contributed by atoms with van der Waals surface area (Å²) < 4.78 is 28.8. The first-order valence-electron chi connectivity index (χ1n) is 8.88. The number of carbonyl (C=O) groups is 1. The quantitative estimate of drug-likeness (QED) is 0.857. The van der Waals surface area contributed by atoms with Gasteiger partial charge in [-0.25, -0.2) is 0 Å². The molecule has 7 heteroatoms. The molecule has 0 aromatic heterocycles. The van der Waals surface area contributed by atoms with Gasteiger partial charge in [-0.15, -0.1) is 4.40 Å². The predicted octanol–water partition coefficient (Wildman–Crippen LogP) is 3.26. The summed E-state index contributed by atoms with van der Waals surface area (Å²) in [6, 6.07) is 12.6. The highest BCUT2D eigenvalue weighted by Gasteiger charge is 2.29. The molecule has 2 aromatic carbocycles. The second kappa shape index (κ2) is 7.52. The third-order valence-corrected chi connectivity index (χ3v) is 5.84. The van der Waals surface area contributed by atoms with Gasteiger partial charge in [0.25, 0.3) is 15.9 Å². The van der Waals surface area contributed by atoms with Crippen LogP contribution in [0.5, 0.6) is 0 Å². The molecule has 1 heterocycles. The molecule has 2 aromatic rings. The average Bonchev–Trinajstić information content (AvgIpc) is 2.63. The summed E-state index contributed by atoms with van der Waals surface area (Å²) in [6.45, 7) is 6.74. The molecule has 3 rings (SSSR count). The van der Waals surface area contributed by atoms with Crippen LogP contribution < -0.4 is 10.2 Å². The number of aryl methyl sites for hydroxylation is 1. The van der Waals surface area contributed by atoms with Gasteiger partial charge in [0.05, 0.1) is 5.69 Å². The summed E-state index contributed by atoms with van der Waals surface area (Å²) in [7, 11) is -3.80. The van der Waals surface area contributed by atoms with Crippen molar-refractivity contribution in [3.05, 3.63) is 59.2 Å². The van der Waals surface area contributed by atoms with Crippen molar-refractivity contribution >= 4 is 27.5 Å². The number of sulfonamides is 1. The van der Waals surface area contributed by atoms with Crippen LogP contribution in [0.2, 0.25) is 0 Å². The van der Waals surface area contributed by atoms with Crippen molar-refractivity contribution in [2.75, 3.05) is 11.4 Å². The van der Waals surface area contributed by atoms with Crippen LogP contribution in [0.15, 0.2) is 51.8 Å². The molecule has 0 radical (unpaired) electrons. The molecular formula is C20H23N3O3S. The van der Waals surface area contributed by atoms with Gasteiger partial charge in [0.1, 0.15) is 10.7 Å². The lowest BCUT2D eigenvalue weighted by Gasteiger charge is -2.29. The zero-order valence-corrected chi connectivity index (χ0v) is 16.5. The lowest BCUT2D eigenvalue weighted by Crippen LogP contribution is -2.34. The normalized spacial score (nSPS) is 15.1. The van der Waals surface area contributed by atoms with Gasteiger partial charge in [-0.05, 0) is 44.0 Å². The van der Waals surface area contributed by atoms with Crippen LogP contribution >= 0.6 is 0 Å². The molecule has 0 spiro atoms. The lowest BCUT2D eigenvalue weighted by molar-refractivity contribution is 0.0950. The number of amides is 1. The topological polar surface area (TPSA) is 78.8 Å². The molecule has 0 saturated carbocycles. The van der Waals surface area contributed by atoms with Crippen molar-refractivity contribution in [3.8, 4) is 0 Å². The van der Waals surface area contributed by atoms with Crippen LogP contribution in [-0.2, 0) is 16.6 Å². The van der Waals surface area contributed by atoms with Crippen molar-refractivity contribution in [2.24, 2.45) is 4.40 Å². The van der Waals surface area contributed by atoms with Gasteiger partial charge in [0.15, 0.2) is 0 Å². The Hall–Kier alpha value is -2.67. The first-order valence-corrected chi connectivity index (χ1v) is 10.3. The van der Waals surface area contributed by atoms with Gasteiger partial charge >= 0.3 is 0 Å². The van der Waals surface area contributed by atoms with Crippen molar-refractivity contribution in [1.82, 2.24) is 5.32 Å². The van der Waals surface area contributed by atoms with E-state index < -0.39 is 10.0 Å². The molecule has 1 amide bonds. The Bertz CT molecular complexity index is 996. The first kappa shape index (κ1) is 19.1. The predicted molar refractivity (Wildman–Crippen MR) is 107 cm³/mol. The number of carbonyl (C=O) groups excluding carboxylic acids is 1. The summed E-state index contributed by atoms with van der Waals surface area (Å²) in [6.07, 6.45) is 0.852. The number of hydrogen-bond donors (Lipinski definition) is 1. The number of amidine groups is 1. The summed E-state index contributed by atoms with van der Waals surface area (Å²) in [5.41, 5.74) is 3.00. The number of anilines is 1. The van der Waals surface area contributed by atoms with E-state index in [1.807, 2.05) is 43.0 Å². The number of hydrogen-bond acceptors (Lipinski definition) is 4. The molecule has 0 aliphatic carbocycles. The van der Waals surface area contributed by atoms with Crippen molar-refractivity contribution in [1.29, 1.82) is 0 Å². The Balaban J connectivity index is 1.85. The average molecular weight is 385 g/mol. The largest absolute Gasteiger partial charge is 0.348 e. The van der Waals surface area contributed by atoms with Crippen LogP contribution in [0.1, 0.15) is 41.8 Å². The Kier molecular flexibility index (Phi) is 5.32. The smallest absolute Gasteiger partial charge is 0.286 e. The highest BCUT2D eigenvalue weighted by atomic mass is 32.2. The molecule has 1 aliphatic heterocycles. The van der Waals surface area contributed by atoms with E-state index in [9.17, 15) is 13.2 Å². The fourth-order valence-corrected chi connectivity index (χ4v) is 4.29. The zero-order chi connectivity index (χ0) is 19.6. The van der Waals surface area contributed by atoms with E-state index >= 15 is 0 Å². The van der Waals surface area contributed by atoms with Gasteiger partial charge in [0.2, 0.25) is 0 Å². The maximum atomic E-state index is 12.5. The van der Waals surface area contributed by atoms with Crippen LogP contribution in [0.25, 0.3) is 0 Å². The van der Waals surface area contributed by atoms with Gasteiger partial charge in [-0.1, -0.05) is 36.8 Å². The first-order chi connectivity index (χ1) is 12.8. The molecule has 6 nitrogen and oxygen atoms in total. The van der Waals surface area contributed by atoms with E-state index in [0.717, 1.165) is 17.5 Å². The fourth-order valence-electron chi connectivity index (χ4n) is 3.03. The van der Waals surface area contributed by atoms with E-state index in [1.165, 1.54) is 6.07 Å². The second-order valence-electron chi connectivity index (χ2n) is 6.62. The van der Waals surface area contributed by atoms with Gasteiger partial charge < -0.3 is 10.2 Å². The van der Waals surface area contributed by atoms with E-state index in [2.05, 4.69) is 9.71 Å². The van der Waals surface area contributed by atoms with Crippen LogP contribution in [0.3, 0.4) is 0 Å². The molecule has 0 bridgehead atoms. The highest BCUT2D eigenvalue weighted by Crippen LogP contribution is 2.32. The molecule has 1 aliphatic rings. The van der Waals surface area contributed by atoms with Crippen LogP contribution in [-0.4, -0.2) is 26.7 Å². The Morgan fingerprint density at radius 3 is 2.48 bits per heavy atom. The minimum absolute atomic E-state index is 0.0736. The van der Waals surface area contributed by atoms with Crippen molar-refractivity contribution in [3.63, 3.8) is 0 Å². The molecule has 0 fully saturated rings. The maximum absolute atomic E-state index is 12.5. The van der Waals surface area contributed by atoms with Crippen molar-refractivity contribution in [2.45, 2.75) is 38.6 Å². The second-order valence-corrected chi connectivity index (χ2v) is 8.19. The van der Waals surface area contributed by atoms with Gasteiger partial charge in [-0.3, -0.25) is 4.79 Å². The molecule has 0 atom stereocenters. The summed E-state index contributed by atoms with van der Waals surface area (Å²) in [5, 5.41) is 2.83. The third kappa shape index (κ3) is 4.03. The Morgan fingerprint density at radius 2 is 1.81 bits per heavy atom.